The molecule has 0 aromatic heterocycles. The standard InChI is InChI=1S/C19H18Cl2N2O4S2/c20-14-12-15(21)18(29(25,26)22-5-8-27-9-6-22)11-13(14)19(24)23-7-10-28-17-4-2-1-3-16(17)23/h1-4,11-12H,5-10H2. The van der Waals surface area contributed by atoms with Gasteiger partial charge in [0.2, 0.25) is 10.0 Å². The van der Waals surface area contributed by atoms with Gasteiger partial charge in [-0.25, -0.2) is 8.42 Å². The van der Waals surface area contributed by atoms with Gasteiger partial charge in [-0.15, -0.1) is 11.8 Å². The molecule has 2 aromatic rings. The van der Waals surface area contributed by atoms with Crippen molar-refractivity contribution < 1.29 is 17.9 Å². The third-order valence-electron chi connectivity index (χ3n) is 4.81. The van der Waals surface area contributed by atoms with Gasteiger partial charge in [0.15, 0.2) is 0 Å². The summed E-state index contributed by atoms with van der Waals surface area (Å²) >= 11 is 14.2. The number of ether oxygens (including phenoxy) is 1. The average Bonchev–Trinajstić information content (AvgIpc) is 2.73. The molecule has 4 rings (SSSR count). The first-order valence-electron chi connectivity index (χ1n) is 9.00. The van der Waals surface area contributed by atoms with Crippen LogP contribution in [-0.2, 0) is 14.8 Å². The molecule has 0 unspecified atom stereocenters. The Morgan fingerprint density at radius 3 is 2.52 bits per heavy atom. The molecule has 0 aliphatic carbocycles. The number of halogens is 2. The van der Waals surface area contributed by atoms with Gasteiger partial charge in [0.05, 0.1) is 34.5 Å². The van der Waals surface area contributed by atoms with Crippen LogP contribution in [0.1, 0.15) is 10.4 Å². The summed E-state index contributed by atoms with van der Waals surface area (Å²) in [4.78, 5) is 15.8. The molecule has 0 radical (unpaired) electrons. The maximum atomic E-state index is 13.3. The first kappa shape index (κ1) is 21.0. The highest BCUT2D eigenvalue weighted by Gasteiger charge is 2.32. The van der Waals surface area contributed by atoms with Crippen LogP contribution in [0.2, 0.25) is 10.0 Å². The summed E-state index contributed by atoms with van der Waals surface area (Å²) in [5.74, 6) is 0.394. The molecule has 0 atom stereocenters. The van der Waals surface area contributed by atoms with Gasteiger partial charge in [-0.05, 0) is 24.3 Å². The van der Waals surface area contributed by atoms with Gasteiger partial charge in [-0.1, -0.05) is 35.3 Å². The van der Waals surface area contributed by atoms with Gasteiger partial charge < -0.3 is 9.64 Å². The Bertz CT molecular complexity index is 1060. The quantitative estimate of drug-likeness (QED) is 0.679. The third kappa shape index (κ3) is 4.02. The molecule has 1 fully saturated rings. The minimum absolute atomic E-state index is 0.00681. The fourth-order valence-electron chi connectivity index (χ4n) is 3.34. The van der Waals surface area contributed by atoms with Crippen LogP contribution in [0, 0.1) is 0 Å². The number of sulfonamides is 1. The third-order valence-corrected chi connectivity index (χ3v) is 8.53. The van der Waals surface area contributed by atoms with Crippen molar-refractivity contribution in [2.24, 2.45) is 0 Å². The molecule has 2 aromatic carbocycles. The fraction of sp³-hybridized carbons (Fsp3) is 0.316. The lowest BCUT2D eigenvalue weighted by Crippen LogP contribution is -2.41. The zero-order valence-corrected chi connectivity index (χ0v) is 18.5. The highest BCUT2D eigenvalue weighted by atomic mass is 35.5. The summed E-state index contributed by atoms with van der Waals surface area (Å²) in [7, 11) is -3.87. The van der Waals surface area contributed by atoms with E-state index in [1.165, 1.54) is 16.4 Å². The number of amides is 1. The van der Waals surface area contributed by atoms with E-state index in [0.29, 0.717) is 19.8 Å². The number of benzene rings is 2. The molecule has 2 aliphatic rings. The zero-order chi connectivity index (χ0) is 20.6. The van der Waals surface area contributed by atoms with Crippen LogP contribution in [0.25, 0.3) is 0 Å². The highest BCUT2D eigenvalue weighted by molar-refractivity contribution is 7.99. The van der Waals surface area contributed by atoms with Gasteiger partial charge in [-0.2, -0.15) is 4.31 Å². The van der Waals surface area contributed by atoms with Crippen molar-refractivity contribution in [3.05, 3.63) is 52.0 Å². The summed E-state index contributed by atoms with van der Waals surface area (Å²) in [6.07, 6.45) is 0. The van der Waals surface area contributed by atoms with E-state index >= 15 is 0 Å². The molecular formula is C19H18Cl2N2O4S2. The number of para-hydroxylation sites is 1. The number of fused-ring (bicyclic) bond motifs is 1. The number of carbonyl (C=O) groups is 1. The summed E-state index contributed by atoms with van der Waals surface area (Å²) in [6, 6.07) is 10.2. The Labute approximate surface area is 183 Å². The molecule has 2 heterocycles. The number of nitrogens with zero attached hydrogens (tertiary/aromatic N) is 2. The van der Waals surface area contributed by atoms with E-state index in [-0.39, 0.29) is 39.5 Å². The fourth-order valence-corrected chi connectivity index (χ4v) is 6.57. The number of thioether (sulfide) groups is 1. The molecule has 2 aliphatic heterocycles. The summed E-state index contributed by atoms with van der Waals surface area (Å²) < 4.78 is 32.7. The Morgan fingerprint density at radius 1 is 1.03 bits per heavy atom. The Balaban J connectivity index is 1.74. The highest BCUT2D eigenvalue weighted by Crippen LogP contribution is 2.37. The maximum absolute atomic E-state index is 13.3. The molecule has 0 bridgehead atoms. The molecule has 0 spiro atoms. The van der Waals surface area contributed by atoms with Gasteiger partial charge >= 0.3 is 0 Å². The Morgan fingerprint density at radius 2 is 1.76 bits per heavy atom. The monoisotopic (exact) mass is 472 g/mol. The number of morpholine rings is 1. The largest absolute Gasteiger partial charge is 0.379 e. The lowest BCUT2D eigenvalue weighted by Gasteiger charge is -2.30. The number of hydrogen-bond donors (Lipinski definition) is 0. The van der Waals surface area contributed by atoms with Crippen LogP contribution in [0.3, 0.4) is 0 Å². The van der Waals surface area contributed by atoms with Crippen molar-refractivity contribution in [1.29, 1.82) is 0 Å². The van der Waals surface area contributed by atoms with Crippen LogP contribution < -0.4 is 4.90 Å². The Kier molecular flexibility index (Phi) is 6.11. The molecule has 29 heavy (non-hydrogen) atoms. The van der Waals surface area contributed by atoms with Crippen molar-refractivity contribution >= 4 is 56.6 Å². The van der Waals surface area contributed by atoms with Crippen molar-refractivity contribution in [3.63, 3.8) is 0 Å². The van der Waals surface area contributed by atoms with Crippen LogP contribution >= 0.6 is 35.0 Å². The van der Waals surface area contributed by atoms with E-state index in [0.717, 1.165) is 16.3 Å². The second-order valence-corrected chi connectivity index (χ2v) is 10.4. The van der Waals surface area contributed by atoms with Crippen LogP contribution in [-0.4, -0.2) is 57.2 Å². The topological polar surface area (TPSA) is 66.9 Å². The van der Waals surface area contributed by atoms with Crippen molar-refractivity contribution in [1.82, 2.24) is 4.31 Å². The lowest BCUT2D eigenvalue weighted by molar-refractivity contribution is 0.0730. The van der Waals surface area contributed by atoms with Gasteiger partial charge in [-0.3, -0.25) is 4.79 Å². The molecule has 0 saturated carbocycles. The molecule has 154 valence electrons. The van der Waals surface area contributed by atoms with Crippen LogP contribution in [0.5, 0.6) is 0 Å². The number of hydrogen-bond acceptors (Lipinski definition) is 5. The van der Waals surface area contributed by atoms with Gasteiger partial charge in [0.25, 0.3) is 5.91 Å². The number of carbonyl (C=O) groups excluding carboxylic acids is 1. The van der Waals surface area contributed by atoms with Crippen LogP contribution in [0.4, 0.5) is 5.69 Å². The Hall–Kier alpha value is -1.29. The average molecular weight is 473 g/mol. The predicted molar refractivity (Wildman–Crippen MR) is 115 cm³/mol. The van der Waals surface area contributed by atoms with Gasteiger partial charge in [0.1, 0.15) is 4.90 Å². The molecule has 10 heteroatoms. The SMILES string of the molecule is O=C(c1cc(S(=O)(=O)N2CCOCC2)c(Cl)cc1Cl)N1CCSc2ccccc21. The van der Waals surface area contributed by atoms with E-state index in [1.807, 2.05) is 24.3 Å². The van der Waals surface area contributed by atoms with Crippen molar-refractivity contribution in [3.8, 4) is 0 Å². The van der Waals surface area contributed by atoms with E-state index in [1.54, 1.807) is 16.7 Å². The predicted octanol–water partition coefficient (Wildman–Crippen LogP) is 3.77. The second-order valence-electron chi connectivity index (χ2n) is 6.55. The second kappa shape index (κ2) is 8.45. The van der Waals surface area contributed by atoms with E-state index < -0.39 is 10.0 Å². The van der Waals surface area contributed by atoms with Crippen LogP contribution in [0.15, 0.2) is 46.2 Å². The van der Waals surface area contributed by atoms with E-state index in [9.17, 15) is 13.2 Å². The molecule has 1 saturated heterocycles. The first-order valence-corrected chi connectivity index (χ1v) is 12.2. The van der Waals surface area contributed by atoms with E-state index in [2.05, 4.69) is 0 Å². The first-order chi connectivity index (χ1) is 13.9. The maximum Gasteiger partial charge on any atom is 0.259 e. The number of anilines is 1. The van der Waals surface area contributed by atoms with Gasteiger partial charge in [0, 0.05) is 30.3 Å². The van der Waals surface area contributed by atoms with E-state index in [4.69, 9.17) is 27.9 Å². The molecule has 0 N–H and O–H groups in total. The van der Waals surface area contributed by atoms with Crippen molar-refractivity contribution in [2.75, 3.05) is 43.5 Å². The minimum atomic E-state index is -3.87. The lowest BCUT2D eigenvalue weighted by atomic mass is 10.1. The summed E-state index contributed by atoms with van der Waals surface area (Å²) in [5.41, 5.74) is 0.905. The summed E-state index contributed by atoms with van der Waals surface area (Å²) in [6.45, 7) is 1.62. The molecule has 6 nitrogen and oxygen atoms in total. The molecule has 1 amide bonds. The number of rotatable bonds is 3. The zero-order valence-electron chi connectivity index (χ0n) is 15.3. The minimum Gasteiger partial charge on any atom is -0.379 e. The van der Waals surface area contributed by atoms with Crippen molar-refractivity contribution in [2.45, 2.75) is 9.79 Å². The molecular weight excluding hydrogens is 455 g/mol. The smallest absolute Gasteiger partial charge is 0.259 e. The normalized spacial score (nSPS) is 17.8. The summed E-state index contributed by atoms with van der Waals surface area (Å²) in [5, 5.41) is 0.115.